The van der Waals surface area contributed by atoms with Gasteiger partial charge in [0.25, 0.3) is 5.91 Å². The summed E-state index contributed by atoms with van der Waals surface area (Å²) in [5.74, 6) is -1.02. The lowest BCUT2D eigenvalue weighted by molar-refractivity contribution is -0.130. The monoisotopic (exact) mass is 359 g/mol. The number of benzene rings is 3. The predicted molar refractivity (Wildman–Crippen MR) is 102 cm³/mol. The quantitative estimate of drug-likeness (QED) is 0.721. The molecule has 3 nitrogen and oxygen atoms in total. The van der Waals surface area contributed by atoms with Gasteiger partial charge in [0.2, 0.25) is 0 Å². The van der Waals surface area contributed by atoms with Crippen LogP contribution in [0.25, 0.3) is 5.57 Å². The number of hydrogen-bond donors (Lipinski definition) is 1. The molecule has 27 heavy (non-hydrogen) atoms. The van der Waals surface area contributed by atoms with Gasteiger partial charge in [0.05, 0.1) is 6.04 Å². The van der Waals surface area contributed by atoms with Gasteiger partial charge in [0.1, 0.15) is 5.82 Å². The Morgan fingerprint density at radius 2 is 1.44 bits per heavy atom. The molecule has 0 saturated heterocycles. The third kappa shape index (κ3) is 3.22. The first-order valence-electron chi connectivity index (χ1n) is 8.74. The normalized spacial score (nSPS) is 16.9. The molecule has 3 aromatic rings. The van der Waals surface area contributed by atoms with Crippen LogP contribution in [0.1, 0.15) is 22.7 Å². The van der Waals surface area contributed by atoms with Crippen molar-refractivity contribution in [3.8, 4) is 0 Å². The van der Waals surface area contributed by atoms with Crippen LogP contribution < -0.4 is 0 Å². The van der Waals surface area contributed by atoms with Crippen molar-refractivity contribution in [2.75, 3.05) is 0 Å². The largest absolute Gasteiger partial charge is 0.503 e. The number of carbonyl (C=O) groups excluding carboxylic acids is 1. The highest BCUT2D eigenvalue weighted by Crippen LogP contribution is 2.43. The number of nitrogens with zero attached hydrogens (tertiary/aromatic N) is 1. The molecule has 0 aromatic heterocycles. The van der Waals surface area contributed by atoms with Crippen LogP contribution in [0.2, 0.25) is 0 Å². The smallest absolute Gasteiger partial charge is 0.290 e. The zero-order valence-electron chi connectivity index (χ0n) is 14.5. The Hall–Kier alpha value is -3.40. The van der Waals surface area contributed by atoms with Gasteiger partial charge in [-0.15, -0.1) is 0 Å². The molecule has 3 aromatic carbocycles. The Balaban J connectivity index is 1.81. The van der Waals surface area contributed by atoms with E-state index in [-0.39, 0.29) is 11.6 Å². The third-order valence-electron chi connectivity index (χ3n) is 4.77. The van der Waals surface area contributed by atoms with Crippen LogP contribution in [-0.2, 0) is 11.3 Å². The third-order valence-corrected chi connectivity index (χ3v) is 4.77. The fraction of sp³-hybridized carbons (Fsp3) is 0.0870. The maximum Gasteiger partial charge on any atom is 0.290 e. The van der Waals surface area contributed by atoms with Crippen LogP contribution in [0.5, 0.6) is 0 Å². The summed E-state index contributed by atoms with van der Waals surface area (Å²) in [5.41, 5.74) is 3.03. The zero-order valence-corrected chi connectivity index (χ0v) is 14.5. The number of carbonyl (C=O) groups is 1. The fourth-order valence-corrected chi connectivity index (χ4v) is 3.50. The van der Waals surface area contributed by atoms with Crippen molar-refractivity contribution < 1.29 is 14.3 Å². The van der Waals surface area contributed by atoms with Crippen molar-refractivity contribution in [2.24, 2.45) is 0 Å². The molecule has 1 amide bonds. The summed E-state index contributed by atoms with van der Waals surface area (Å²) in [6.45, 7) is 0.349. The van der Waals surface area contributed by atoms with Crippen molar-refractivity contribution >= 4 is 11.5 Å². The topological polar surface area (TPSA) is 40.5 Å². The molecular formula is C23H18FNO2. The van der Waals surface area contributed by atoms with Crippen LogP contribution >= 0.6 is 0 Å². The second kappa shape index (κ2) is 7.08. The van der Waals surface area contributed by atoms with Crippen LogP contribution in [0, 0.1) is 5.82 Å². The first-order chi connectivity index (χ1) is 13.1. The minimum Gasteiger partial charge on any atom is -0.503 e. The molecule has 1 atom stereocenters. The highest BCUT2D eigenvalue weighted by atomic mass is 19.1. The van der Waals surface area contributed by atoms with Gasteiger partial charge in [-0.25, -0.2) is 4.39 Å². The van der Waals surface area contributed by atoms with E-state index < -0.39 is 11.9 Å². The SMILES string of the molecule is O=C1C(O)=C(c2ccccc2)C(c2ccc(F)cc2)N1Cc1ccccc1. The molecule has 4 rings (SSSR count). The summed E-state index contributed by atoms with van der Waals surface area (Å²) >= 11 is 0. The highest BCUT2D eigenvalue weighted by Gasteiger charge is 2.40. The summed E-state index contributed by atoms with van der Waals surface area (Å²) in [4.78, 5) is 14.5. The number of aliphatic hydroxyl groups is 1. The molecule has 0 bridgehead atoms. The average molecular weight is 359 g/mol. The van der Waals surface area contributed by atoms with E-state index in [1.807, 2.05) is 60.7 Å². The first-order valence-corrected chi connectivity index (χ1v) is 8.74. The van der Waals surface area contributed by atoms with Crippen molar-refractivity contribution in [2.45, 2.75) is 12.6 Å². The minimum atomic E-state index is -0.485. The van der Waals surface area contributed by atoms with E-state index in [0.717, 1.165) is 16.7 Å². The van der Waals surface area contributed by atoms with E-state index in [9.17, 15) is 14.3 Å². The van der Waals surface area contributed by atoms with E-state index in [1.165, 1.54) is 12.1 Å². The van der Waals surface area contributed by atoms with Gasteiger partial charge in [-0.3, -0.25) is 4.79 Å². The molecule has 0 spiro atoms. The molecule has 0 radical (unpaired) electrons. The molecule has 0 saturated carbocycles. The van der Waals surface area contributed by atoms with Gasteiger partial charge in [0, 0.05) is 12.1 Å². The standard InChI is InChI=1S/C23H18FNO2/c24-19-13-11-18(12-14-19)21-20(17-9-5-2-6-10-17)22(26)23(27)25(21)15-16-7-3-1-4-8-16/h1-14,21,26H,15H2. The van der Waals surface area contributed by atoms with Crippen LogP contribution in [0.15, 0.2) is 90.7 Å². The maximum atomic E-state index is 13.4. The van der Waals surface area contributed by atoms with E-state index >= 15 is 0 Å². The molecule has 4 heteroatoms. The van der Waals surface area contributed by atoms with Gasteiger partial charge in [-0.2, -0.15) is 0 Å². The molecule has 1 unspecified atom stereocenters. The highest BCUT2D eigenvalue weighted by molar-refractivity contribution is 6.05. The molecule has 134 valence electrons. The molecule has 0 aliphatic carbocycles. The number of aliphatic hydroxyl groups excluding tert-OH is 1. The fourth-order valence-electron chi connectivity index (χ4n) is 3.50. The van der Waals surface area contributed by atoms with Crippen molar-refractivity contribution in [1.82, 2.24) is 4.90 Å². The van der Waals surface area contributed by atoms with Gasteiger partial charge < -0.3 is 10.0 Å². The Kier molecular flexibility index (Phi) is 4.47. The van der Waals surface area contributed by atoms with Gasteiger partial charge in [-0.1, -0.05) is 72.8 Å². The number of amides is 1. The van der Waals surface area contributed by atoms with E-state index in [1.54, 1.807) is 17.0 Å². The van der Waals surface area contributed by atoms with E-state index in [4.69, 9.17) is 0 Å². The first kappa shape index (κ1) is 17.0. The van der Waals surface area contributed by atoms with Gasteiger partial charge >= 0.3 is 0 Å². The van der Waals surface area contributed by atoms with Crippen molar-refractivity contribution in [3.05, 3.63) is 113 Å². The molecule has 1 aliphatic rings. The molecular weight excluding hydrogens is 341 g/mol. The average Bonchev–Trinajstić information content (AvgIpc) is 2.95. The van der Waals surface area contributed by atoms with Crippen LogP contribution in [0.3, 0.4) is 0 Å². The van der Waals surface area contributed by atoms with Gasteiger partial charge in [0.15, 0.2) is 5.76 Å². The lowest BCUT2D eigenvalue weighted by Gasteiger charge is -2.27. The van der Waals surface area contributed by atoms with Crippen molar-refractivity contribution in [3.63, 3.8) is 0 Å². The summed E-state index contributed by atoms with van der Waals surface area (Å²) in [6.07, 6.45) is 0. The summed E-state index contributed by atoms with van der Waals surface area (Å²) in [5, 5.41) is 10.7. The summed E-state index contributed by atoms with van der Waals surface area (Å²) in [7, 11) is 0. The van der Waals surface area contributed by atoms with Crippen LogP contribution in [-0.4, -0.2) is 15.9 Å². The Labute approximate surface area is 157 Å². The summed E-state index contributed by atoms with van der Waals surface area (Å²) < 4.78 is 13.4. The van der Waals surface area contributed by atoms with Crippen molar-refractivity contribution in [1.29, 1.82) is 0 Å². The lowest BCUT2D eigenvalue weighted by atomic mass is 9.93. The molecule has 1 aliphatic heterocycles. The zero-order chi connectivity index (χ0) is 18.8. The Morgan fingerprint density at radius 3 is 2.07 bits per heavy atom. The molecule has 0 fully saturated rings. The summed E-state index contributed by atoms with van der Waals surface area (Å²) in [6, 6.07) is 24.5. The minimum absolute atomic E-state index is 0.258. The predicted octanol–water partition coefficient (Wildman–Crippen LogP) is 4.88. The van der Waals surface area contributed by atoms with E-state index in [2.05, 4.69) is 0 Å². The molecule has 1 N–H and O–H groups in total. The number of halogens is 1. The van der Waals surface area contributed by atoms with E-state index in [0.29, 0.717) is 12.1 Å². The molecule has 1 heterocycles. The number of hydrogen-bond acceptors (Lipinski definition) is 2. The Morgan fingerprint density at radius 1 is 0.852 bits per heavy atom. The lowest BCUT2D eigenvalue weighted by Crippen LogP contribution is -2.29. The second-order valence-corrected chi connectivity index (χ2v) is 6.50. The van der Waals surface area contributed by atoms with Crippen LogP contribution in [0.4, 0.5) is 4.39 Å². The van der Waals surface area contributed by atoms with Gasteiger partial charge in [-0.05, 0) is 28.8 Å². The number of rotatable bonds is 4. The Bertz CT molecular complexity index is 982. The second-order valence-electron chi connectivity index (χ2n) is 6.50. The maximum absolute atomic E-state index is 13.4.